The number of hydrogen-bond donors (Lipinski definition) is 0. The molecule has 0 amide bonds. The van der Waals surface area contributed by atoms with Gasteiger partial charge in [0.05, 0.1) is 6.20 Å². The molecule has 0 saturated heterocycles. The van der Waals surface area contributed by atoms with E-state index in [9.17, 15) is 0 Å². The molecule has 0 atom stereocenters. The zero-order valence-corrected chi connectivity index (χ0v) is 9.00. The van der Waals surface area contributed by atoms with E-state index in [4.69, 9.17) is 11.6 Å². The van der Waals surface area contributed by atoms with E-state index < -0.39 is 0 Å². The van der Waals surface area contributed by atoms with Gasteiger partial charge in [-0.1, -0.05) is 11.6 Å². The molecule has 4 nitrogen and oxygen atoms in total. The Labute approximate surface area is 83.2 Å². The largest absolute Gasteiger partial charge is 0.361 e. The van der Waals surface area contributed by atoms with Crippen molar-refractivity contribution in [2.75, 3.05) is 38.0 Å². The standard InChI is InChI=1S/C8H13ClN4/c1-12(2)7-6(9)5-10-8(11-7)13(3)4/h5H,1-4H3. The van der Waals surface area contributed by atoms with Gasteiger partial charge in [-0.2, -0.15) is 4.98 Å². The molecule has 0 spiro atoms. The van der Waals surface area contributed by atoms with Crippen molar-refractivity contribution in [3.05, 3.63) is 11.2 Å². The van der Waals surface area contributed by atoms with Crippen LogP contribution in [0.3, 0.4) is 0 Å². The fraction of sp³-hybridized carbons (Fsp3) is 0.500. The quantitative estimate of drug-likeness (QED) is 0.720. The summed E-state index contributed by atoms with van der Waals surface area (Å²) in [5.41, 5.74) is 0. The molecule has 0 aromatic carbocycles. The van der Waals surface area contributed by atoms with E-state index in [-0.39, 0.29) is 0 Å². The van der Waals surface area contributed by atoms with Crippen LogP contribution >= 0.6 is 11.6 Å². The van der Waals surface area contributed by atoms with Crippen LogP contribution in [0.5, 0.6) is 0 Å². The maximum atomic E-state index is 5.91. The third kappa shape index (κ3) is 2.21. The van der Waals surface area contributed by atoms with E-state index in [1.807, 2.05) is 38.0 Å². The highest BCUT2D eigenvalue weighted by Crippen LogP contribution is 2.22. The third-order valence-corrected chi connectivity index (χ3v) is 1.80. The lowest BCUT2D eigenvalue weighted by atomic mass is 10.5. The van der Waals surface area contributed by atoms with Crippen molar-refractivity contribution in [1.82, 2.24) is 9.97 Å². The van der Waals surface area contributed by atoms with Crippen molar-refractivity contribution >= 4 is 23.4 Å². The molecule has 0 radical (unpaired) electrons. The lowest BCUT2D eigenvalue weighted by Gasteiger charge is -2.16. The molecule has 5 heteroatoms. The van der Waals surface area contributed by atoms with Gasteiger partial charge in [0.25, 0.3) is 0 Å². The Morgan fingerprint density at radius 1 is 1.15 bits per heavy atom. The van der Waals surface area contributed by atoms with Crippen LogP contribution in [0.4, 0.5) is 11.8 Å². The maximum absolute atomic E-state index is 5.91. The topological polar surface area (TPSA) is 32.3 Å². The second kappa shape index (κ2) is 3.79. The number of nitrogens with zero attached hydrogens (tertiary/aromatic N) is 4. The minimum Gasteiger partial charge on any atom is -0.361 e. The molecule has 0 N–H and O–H groups in total. The number of halogens is 1. The van der Waals surface area contributed by atoms with Gasteiger partial charge >= 0.3 is 0 Å². The van der Waals surface area contributed by atoms with Gasteiger partial charge in [0.2, 0.25) is 5.95 Å². The van der Waals surface area contributed by atoms with Crippen molar-refractivity contribution in [1.29, 1.82) is 0 Å². The van der Waals surface area contributed by atoms with Crippen LogP contribution in [-0.2, 0) is 0 Å². The van der Waals surface area contributed by atoms with Gasteiger partial charge in [-0.3, -0.25) is 0 Å². The first-order valence-corrected chi connectivity index (χ1v) is 4.27. The van der Waals surface area contributed by atoms with E-state index in [0.717, 1.165) is 5.82 Å². The van der Waals surface area contributed by atoms with Crippen LogP contribution in [0, 0.1) is 0 Å². The Morgan fingerprint density at radius 2 is 1.77 bits per heavy atom. The Morgan fingerprint density at radius 3 is 2.23 bits per heavy atom. The van der Waals surface area contributed by atoms with E-state index in [1.54, 1.807) is 6.20 Å². The average Bonchev–Trinajstić information content (AvgIpc) is 2.04. The van der Waals surface area contributed by atoms with Crippen LogP contribution < -0.4 is 9.80 Å². The highest BCUT2D eigenvalue weighted by Gasteiger charge is 2.07. The number of anilines is 2. The lowest BCUT2D eigenvalue weighted by molar-refractivity contribution is 0.968. The van der Waals surface area contributed by atoms with Gasteiger partial charge < -0.3 is 9.80 Å². The molecule has 0 bridgehead atoms. The number of rotatable bonds is 2. The first-order valence-electron chi connectivity index (χ1n) is 3.89. The summed E-state index contributed by atoms with van der Waals surface area (Å²) in [5.74, 6) is 1.40. The predicted molar refractivity (Wildman–Crippen MR) is 55.7 cm³/mol. The van der Waals surface area contributed by atoms with E-state index in [0.29, 0.717) is 11.0 Å². The van der Waals surface area contributed by atoms with Gasteiger partial charge in [0, 0.05) is 28.2 Å². The Bertz CT molecular complexity index is 298. The van der Waals surface area contributed by atoms with E-state index in [1.165, 1.54) is 0 Å². The first-order chi connectivity index (χ1) is 6.02. The molecule has 1 heterocycles. The summed E-state index contributed by atoms with van der Waals surface area (Å²) in [5, 5.41) is 0.565. The van der Waals surface area contributed by atoms with E-state index >= 15 is 0 Å². The molecule has 0 saturated carbocycles. The zero-order valence-electron chi connectivity index (χ0n) is 8.24. The van der Waals surface area contributed by atoms with Gasteiger partial charge in [0.1, 0.15) is 5.02 Å². The molecule has 0 aliphatic rings. The predicted octanol–water partition coefficient (Wildman–Crippen LogP) is 1.26. The summed E-state index contributed by atoms with van der Waals surface area (Å²) in [6.45, 7) is 0. The molecule has 0 fully saturated rings. The van der Waals surface area contributed by atoms with Crippen LogP contribution in [0.15, 0.2) is 6.20 Å². The Kier molecular flexibility index (Phi) is 2.93. The summed E-state index contributed by atoms with van der Waals surface area (Å²) in [6, 6.07) is 0. The van der Waals surface area contributed by atoms with Gasteiger partial charge in [-0.25, -0.2) is 4.98 Å². The Hall–Kier alpha value is -1.03. The van der Waals surface area contributed by atoms with Crippen molar-refractivity contribution < 1.29 is 0 Å². The van der Waals surface area contributed by atoms with Crippen molar-refractivity contribution in [2.24, 2.45) is 0 Å². The molecular formula is C8H13ClN4. The third-order valence-electron chi connectivity index (χ3n) is 1.54. The Balaban J connectivity index is 3.11. The fourth-order valence-electron chi connectivity index (χ4n) is 0.878. The zero-order chi connectivity index (χ0) is 10.0. The monoisotopic (exact) mass is 200 g/mol. The second-order valence-corrected chi connectivity index (χ2v) is 3.54. The van der Waals surface area contributed by atoms with Crippen molar-refractivity contribution in [3.63, 3.8) is 0 Å². The van der Waals surface area contributed by atoms with Crippen LogP contribution in [0.1, 0.15) is 0 Å². The smallest absolute Gasteiger partial charge is 0.226 e. The fourth-order valence-corrected chi connectivity index (χ4v) is 1.14. The minimum absolute atomic E-state index is 0.565. The van der Waals surface area contributed by atoms with Crippen molar-refractivity contribution in [3.8, 4) is 0 Å². The molecule has 1 rings (SSSR count). The number of aromatic nitrogens is 2. The van der Waals surface area contributed by atoms with Crippen LogP contribution in [-0.4, -0.2) is 38.2 Å². The molecule has 1 aromatic heterocycles. The van der Waals surface area contributed by atoms with Crippen molar-refractivity contribution in [2.45, 2.75) is 0 Å². The molecule has 72 valence electrons. The van der Waals surface area contributed by atoms with Gasteiger partial charge in [-0.15, -0.1) is 0 Å². The summed E-state index contributed by atoms with van der Waals surface area (Å²) in [6.07, 6.45) is 1.61. The molecule has 0 aliphatic heterocycles. The summed E-state index contributed by atoms with van der Waals surface area (Å²) >= 11 is 5.91. The van der Waals surface area contributed by atoms with E-state index in [2.05, 4.69) is 9.97 Å². The van der Waals surface area contributed by atoms with Gasteiger partial charge in [-0.05, 0) is 0 Å². The number of hydrogen-bond acceptors (Lipinski definition) is 4. The second-order valence-electron chi connectivity index (χ2n) is 3.13. The SMILES string of the molecule is CN(C)c1ncc(Cl)c(N(C)C)n1. The lowest BCUT2D eigenvalue weighted by Crippen LogP contribution is -2.17. The molecule has 13 heavy (non-hydrogen) atoms. The summed E-state index contributed by atoms with van der Waals surface area (Å²) in [4.78, 5) is 12.1. The van der Waals surface area contributed by atoms with Gasteiger partial charge in [0.15, 0.2) is 5.82 Å². The molecule has 0 aliphatic carbocycles. The summed E-state index contributed by atoms with van der Waals surface area (Å²) < 4.78 is 0. The first kappa shape index (κ1) is 10.1. The molecule has 1 aromatic rings. The minimum atomic E-state index is 0.565. The molecule has 0 unspecified atom stereocenters. The van der Waals surface area contributed by atoms with Crippen LogP contribution in [0.25, 0.3) is 0 Å². The highest BCUT2D eigenvalue weighted by molar-refractivity contribution is 6.32. The summed E-state index contributed by atoms with van der Waals surface area (Å²) in [7, 11) is 7.58. The normalized spacial score (nSPS) is 9.92. The average molecular weight is 201 g/mol. The molecular weight excluding hydrogens is 188 g/mol. The highest BCUT2D eigenvalue weighted by atomic mass is 35.5. The van der Waals surface area contributed by atoms with Crippen LogP contribution in [0.2, 0.25) is 5.02 Å². The maximum Gasteiger partial charge on any atom is 0.226 e.